The van der Waals surface area contributed by atoms with Crippen molar-refractivity contribution in [3.05, 3.63) is 0 Å². The average Bonchev–Trinajstić information content (AvgIpc) is 2.39. The minimum atomic E-state index is -0.817. The number of hydrogen-bond acceptors (Lipinski definition) is 3. The van der Waals surface area contributed by atoms with Crippen molar-refractivity contribution in [2.24, 2.45) is 0 Å². The first kappa shape index (κ1) is 8.49. The first-order valence-corrected chi connectivity index (χ1v) is 3.83. The molecular weight excluding hydrogens is 146 g/mol. The Kier molecular flexibility index (Phi) is 3.32. The Morgan fingerprint density at radius 3 is 3.09 bits per heavy atom. The summed E-state index contributed by atoms with van der Waals surface area (Å²) in [5.41, 5.74) is 0. The molecule has 0 spiro atoms. The molecule has 1 saturated heterocycles. The largest absolute Gasteiger partial charge is 0.480 e. The third kappa shape index (κ3) is 3.34. The third-order valence-electron chi connectivity index (χ3n) is 1.67. The standard InChI is InChI=1S/C7H13NO3/c9-7(10)5-8-4-6-2-1-3-11-6/h6,8H,1-5H2,(H,9,10)/t6-/m1/s1. The van der Waals surface area contributed by atoms with Crippen LogP contribution in [-0.2, 0) is 9.53 Å². The van der Waals surface area contributed by atoms with E-state index in [4.69, 9.17) is 9.84 Å². The predicted octanol–water partition coefficient (Wildman–Crippen LogP) is -0.160. The molecule has 1 aliphatic rings. The number of carboxylic acids is 1. The zero-order valence-electron chi connectivity index (χ0n) is 6.38. The topological polar surface area (TPSA) is 58.6 Å². The van der Waals surface area contributed by atoms with Gasteiger partial charge in [-0.3, -0.25) is 4.79 Å². The molecule has 0 amide bonds. The normalized spacial score (nSPS) is 23.8. The van der Waals surface area contributed by atoms with Crippen LogP contribution in [0.15, 0.2) is 0 Å². The summed E-state index contributed by atoms with van der Waals surface area (Å²) in [5, 5.41) is 11.1. The summed E-state index contributed by atoms with van der Waals surface area (Å²) in [6.07, 6.45) is 2.38. The summed E-state index contributed by atoms with van der Waals surface area (Å²) in [6, 6.07) is 0. The Balaban J connectivity index is 1.98. The van der Waals surface area contributed by atoms with Crippen molar-refractivity contribution in [3.63, 3.8) is 0 Å². The molecule has 0 aromatic heterocycles. The Bertz CT molecular complexity index is 132. The van der Waals surface area contributed by atoms with Crippen LogP contribution < -0.4 is 5.32 Å². The lowest BCUT2D eigenvalue weighted by atomic mass is 10.2. The van der Waals surface area contributed by atoms with E-state index < -0.39 is 5.97 Å². The number of nitrogens with one attached hydrogen (secondary N) is 1. The number of aliphatic carboxylic acids is 1. The van der Waals surface area contributed by atoms with Crippen molar-refractivity contribution in [3.8, 4) is 0 Å². The predicted molar refractivity (Wildman–Crippen MR) is 39.5 cm³/mol. The Labute approximate surface area is 65.5 Å². The van der Waals surface area contributed by atoms with Crippen molar-refractivity contribution in [1.29, 1.82) is 0 Å². The highest BCUT2D eigenvalue weighted by molar-refractivity contribution is 5.68. The van der Waals surface area contributed by atoms with Gasteiger partial charge in [0.05, 0.1) is 12.6 Å². The molecule has 1 rings (SSSR count). The maximum absolute atomic E-state index is 10.1. The Morgan fingerprint density at radius 1 is 1.73 bits per heavy atom. The molecule has 0 radical (unpaired) electrons. The van der Waals surface area contributed by atoms with Gasteiger partial charge in [-0.2, -0.15) is 0 Å². The molecule has 1 fully saturated rings. The maximum atomic E-state index is 10.1. The van der Waals surface area contributed by atoms with E-state index in [0.717, 1.165) is 19.4 Å². The molecule has 0 aliphatic carbocycles. The zero-order valence-corrected chi connectivity index (χ0v) is 6.38. The van der Waals surface area contributed by atoms with Crippen LogP contribution in [-0.4, -0.2) is 36.9 Å². The van der Waals surface area contributed by atoms with E-state index in [2.05, 4.69) is 5.32 Å². The molecule has 2 N–H and O–H groups in total. The van der Waals surface area contributed by atoms with Gasteiger partial charge in [-0.05, 0) is 12.8 Å². The molecule has 4 nitrogen and oxygen atoms in total. The smallest absolute Gasteiger partial charge is 0.317 e. The quantitative estimate of drug-likeness (QED) is 0.598. The number of hydrogen-bond donors (Lipinski definition) is 2. The van der Waals surface area contributed by atoms with Crippen molar-refractivity contribution < 1.29 is 14.6 Å². The van der Waals surface area contributed by atoms with Gasteiger partial charge < -0.3 is 15.2 Å². The van der Waals surface area contributed by atoms with E-state index in [1.807, 2.05) is 0 Å². The molecule has 0 unspecified atom stereocenters. The number of ether oxygens (including phenoxy) is 1. The first-order chi connectivity index (χ1) is 5.29. The number of carbonyl (C=O) groups is 1. The van der Waals surface area contributed by atoms with E-state index in [-0.39, 0.29) is 12.6 Å². The lowest BCUT2D eigenvalue weighted by Gasteiger charge is -2.08. The molecule has 0 saturated carbocycles. The van der Waals surface area contributed by atoms with Crippen LogP contribution in [0.3, 0.4) is 0 Å². The lowest BCUT2D eigenvalue weighted by molar-refractivity contribution is -0.136. The molecule has 1 aliphatic heterocycles. The van der Waals surface area contributed by atoms with E-state index in [9.17, 15) is 4.79 Å². The summed E-state index contributed by atoms with van der Waals surface area (Å²) in [7, 11) is 0. The Morgan fingerprint density at radius 2 is 2.55 bits per heavy atom. The van der Waals surface area contributed by atoms with Crippen LogP contribution in [0.25, 0.3) is 0 Å². The van der Waals surface area contributed by atoms with E-state index in [1.165, 1.54) is 0 Å². The average molecular weight is 159 g/mol. The van der Waals surface area contributed by atoms with Crippen LogP contribution in [0.1, 0.15) is 12.8 Å². The molecule has 1 atom stereocenters. The summed E-state index contributed by atoms with van der Waals surface area (Å²) in [6.45, 7) is 1.51. The van der Waals surface area contributed by atoms with Gasteiger partial charge in [0.15, 0.2) is 0 Å². The molecule has 11 heavy (non-hydrogen) atoms. The summed E-state index contributed by atoms with van der Waals surface area (Å²) >= 11 is 0. The van der Waals surface area contributed by atoms with E-state index in [0.29, 0.717) is 6.54 Å². The SMILES string of the molecule is O=C(O)CNC[C@H]1CCCO1. The fourth-order valence-corrected chi connectivity index (χ4v) is 1.15. The molecular formula is C7H13NO3. The highest BCUT2D eigenvalue weighted by atomic mass is 16.5. The van der Waals surface area contributed by atoms with Gasteiger partial charge in [-0.25, -0.2) is 0 Å². The second kappa shape index (κ2) is 4.31. The Hall–Kier alpha value is -0.610. The van der Waals surface area contributed by atoms with Crippen molar-refractivity contribution in [1.82, 2.24) is 5.32 Å². The summed E-state index contributed by atoms with van der Waals surface area (Å²) < 4.78 is 5.28. The first-order valence-electron chi connectivity index (χ1n) is 3.83. The van der Waals surface area contributed by atoms with Gasteiger partial charge in [-0.1, -0.05) is 0 Å². The molecule has 4 heteroatoms. The maximum Gasteiger partial charge on any atom is 0.317 e. The highest BCUT2D eigenvalue weighted by Crippen LogP contribution is 2.10. The monoisotopic (exact) mass is 159 g/mol. The van der Waals surface area contributed by atoms with Crippen LogP contribution in [0.4, 0.5) is 0 Å². The molecule has 0 aromatic carbocycles. The van der Waals surface area contributed by atoms with Gasteiger partial charge in [0, 0.05) is 13.2 Å². The third-order valence-corrected chi connectivity index (χ3v) is 1.67. The summed E-state index contributed by atoms with van der Waals surface area (Å²) in [5.74, 6) is -0.817. The zero-order chi connectivity index (χ0) is 8.10. The number of carboxylic acid groups (broad SMARTS) is 1. The fourth-order valence-electron chi connectivity index (χ4n) is 1.15. The van der Waals surface area contributed by atoms with Crippen LogP contribution in [0, 0.1) is 0 Å². The van der Waals surface area contributed by atoms with Gasteiger partial charge in [-0.15, -0.1) is 0 Å². The van der Waals surface area contributed by atoms with Crippen LogP contribution in [0.2, 0.25) is 0 Å². The minimum Gasteiger partial charge on any atom is -0.480 e. The van der Waals surface area contributed by atoms with Crippen LogP contribution in [0.5, 0.6) is 0 Å². The highest BCUT2D eigenvalue weighted by Gasteiger charge is 2.14. The molecule has 1 heterocycles. The van der Waals surface area contributed by atoms with Crippen molar-refractivity contribution in [2.45, 2.75) is 18.9 Å². The van der Waals surface area contributed by atoms with Gasteiger partial charge >= 0.3 is 5.97 Å². The number of rotatable bonds is 4. The van der Waals surface area contributed by atoms with E-state index in [1.54, 1.807) is 0 Å². The molecule has 0 aromatic rings. The van der Waals surface area contributed by atoms with Crippen molar-refractivity contribution in [2.75, 3.05) is 19.7 Å². The fraction of sp³-hybridized carbons (Fsp3) is 0.857. The lowest BCUT2D eigenvalue weighted by Crippen LogP contribution is -2.30. The second-order valence-corrected chi connectivity index (χ2v) is 2.66. The van der Waals surface area contributed by atoms with Gasteiger partial charge in [0.2, 0.25) is 0 Å². The van der Waals surface area contributed by atoms with Crippen molar-refractivity contribution >= 4 is 5.97 Å². The minimum absolute atomic E-state index is 0.0276. The molecule has 64 valence electrons. The van der Waals surface area contributed by atoms with Gasteiger partial charge in [0.1, 0.15) is 0 Å². The van der Waals surface area contributed by atoms with E-state index >= 15 is 0 Å². The summed E-state index contributed by atoms with van der Waals surface area (Å²) in [4.78, 5) is 10.1. The molecule has 0 bridgehead atoms. The van der Waals surface area contributed by atoms with Gasteiger partial charge in [0.25, 0.3) is 0 Å². The second-order valence-electron chi connectivity index (χ2n) is 2.66. The van der Waals surface area contributed by atoms with Crippen LogP contribution >= 0.6 is 0 Å².